The smallest absolute Gasteiger partial charge is 0.409 e. The van der Waals surface area contributed by atoms with Crippen LogP contribution < -0.4 is 10.7 Å². The molecule has 5 heterocycles. The zero-order valence-electron chi connectivity index (χ0n) is 40.0. The number of likely N-dealkylation sites (tertiary alicyclic amines) is 1. The van der Waals surface area contributed by atoms with E-state index in [1.165, 1.54) is 25.2 Å². The predicted molar refractivity (Wildman–Crippen MR) is 249 cm³/mol. The highest BCUT2D eigenvalue weighted by atomic mass is 19.1. The summed E-state index contributed by atoms with van der Waals surface area (Å²) in [7, 11) is 4.16. The molecule has 6 bridgehead atoms. The van der Waals surface area contributed by atoms with Gasteiger partial charge < -0.3 is 39.0 Å². The summed E-state index contributed by atoms with van der Waals surface area (Å²) in [5.74, 6) is -3.36. The number of halogens is 1. The highest BCUT2D eigenvalue weighted by Crippen LogP contribution is 2.42. The number of hydrazine groups is 1. The van der Waals surface area contributed by atoms with Gasteiger partial charge in [-0.1, -0.05) is 39.8 Å². The molecule has 2 aromatic heterocycles. The van der Waals surface area contributed by atoms with Gasteiger partial charge in [-0.3, -0.25) is 29.2 Å². The monoisotopic (exact) mass is 925 g/mol. The minimum atomic E-state index is -2.46. The number of benzene rings is 2. The van der Waals surface area contributed by atoms with Gasteiger partial charge in [-0.25, -0.2) is 14.6 Å². The summed E-state index contributed by atoms with van der Waals surface area (Å²) in [6, 6.07) is 11.8. The van der Waals surface area contributed by atoms with E-state index in [1.54, 1.807) is 33.2 Å². The average Bonchev–Trinajstić information content (AvgIpc) is 3.86. The molecule has 0 radical (unpaired) electrons. The molecular formula is C50H64FN7O9. The average molecular weight is 926 g/mol. The van der Waals surface area contributed by atoms with Crippen molar-refractivity contribution in [3.63, 3.8) is 0 Å². The maximum atomic E-state index is 16.3. The first kappa shape index (κ1) is 48.9. The highest BCUT2D eigenvalue weighted by molar-refractivity contribution is 5.96. The molecule has 0 unspecified atom stereocenters. The van der Waals surface area contributed by atoms with E-state index in [0.29, 0.717) is 36.9 Å². The van der Waals surface area contributed by atoms with Crippen LogP contribution in [0.3, 0.4) is 0 Å². The van der Waals surface area contributed by atoms with Crippen LogP contribution in [0.25, 0.3) is 33.3 Å². The number of fused-ring (bicyclic) bond motifs is 6. The zero-order valence-corrected chi connectivity index (χ0v) is 40.0. The second kappa shape index (κ2) is 19.6. The van der Waals surface area contributed by atoms with Crippen LogP contribution in [0.4, 0.5) is 9.18 Å². The summed E-state index contributed by atoms with van der Waals surface area (Å²) in [6.07, 6.45) is 1.69. The number of carbonyl (C=O) groups excluding carboxylic acids is 5. The number of aromatic hydroxyl groups is 1. The van der Waals surface area contributed by atoms with Crippen molar-refractivity contribution in [3.8, 4) is 28.1 Å². The number of carbonyl (C=O) groups is 5. The van der Waals surface area contributed by atoms with Crippen molar-refractivity contribution in [2.24, 2.45) is 11.3 Å². The summed E-state index contributed by atoms with van der Waals surface area (Å²) in [4.78, 5) is 76.0. The molecule has 360 valence electrons. The number of pyridine rings is 1. The number of cyclic esters (lactones) is 1. The lowest BCUT2D eigenvalue weighted by Crippen LogP contribution is -2.62. The van der Waals surface area contributed by atoms with E-state index in [4.69, 9.17) is 19.2 Å². The summed E-state index contributed by atoms with van der Waals surface area (Å²) >= 11 is 0. The molecule has 0 spiro atoms. The highest BCUT2D eigenvalue weighted by Gasteiger charge is 2.50. The van der Waals surface area contributed by atoms with E-state index in [1.807, 2.05) is 25.1 Å². The Morgan fingerprint density at radius 2 is 1.84 bits per heavy atom. The van der Waals surface area contributed by atoms with E-state index in [9.17, 15) is 29.1 Å². The van der Waals surface area contributed by atoms with E-state index in [0.717, 1.165) is 48.8 Å². The molecule has 3 aliphatic heterocycles. The van der Waals surface area contributed by atoms with Gasteiger partial charge in [-0.15, -0.1) is 0 Å². The van der Waals surface area contributed by atoms with Crippen molar-refractivity contribution in [1.82, 2.24) is 35.1 Å². The third kappa shape index (κ3) is 9.98. The van der Waals surface area contributed by atoms with E-state index < -0.39 is 71.5 Å². The summed E-state index contributed by atoms with van der Waals surface area (Å²) in [5, 5.41) is 16.5. The fourth-order valence-electron chi connectivity index (χ4n) is 9.92. The Balaban J connectivity index is 1.31. The number of aromatic nitrogens is 2. The topological polar surface area (TPSA) is 185 Å². The number of ether oxygens (including phenoxy) is 3. The second-order valence-electron chi connectivity index (χ2n) is 19.2. The van der Waals surface area contributed by atoms with Crippen LogP contribution in [0.2, 0.25) is 0 Å². The van der Waals surface area contributed by atoms with Crippen LogP contribution in [-0.4, -0.2) is 131 Å². The molecule has 3 N–H and O–H groups in total. The lowest BCUT2D eigenvalue weighted by atomic mass is 9.84. The molecule has 4 aromatic rings. The number of aryl methyl sites for hydroxylation is 1. The van der Waals surface area contributed by atoms with Crippen LogP contribution >= 0.6 is 0 Å². The first-order valence-electron chi connectivity index (χ1n) is 23.1. The fraction of sp³-hybridized carbons (Fsp3) is 0.520. The Hall–Kier alpha value is -6.07. The SMILES string of the molecule is CCn1c(-c2cccnc2[C@H](C)OC)c2c3cc(ccc31)-c1cc(O)cc(c1)C[C@H](NC(=O)[C@H](C(C)C)N(C)C(=O)[C@@]1(F)CCN(C(=O)OC)C1)C(=O)N1CCC[C@H](N1)C(=O)OCC(C)(C)C2. The Kier molecular flexibility index (Phi) is 14.3. The van der Waals surface area contributed by atoms with Crippen LogP contribution in [0.5, 0.6) is 5.75 Å². The number of hydrogen-bond acceptors (Lipinski definition) is 11. The number of nitrogens with zero attached hydrogens (tertiary/aromatic N) is 5. The van der Waals surface area contributed by atoms with Crippen molar-refractivity contribution in [1.29, 1.82) is 0 Å². The third-order valence-electron chi connectivity index (χ3n) is 13.4. The molecule has 16 nitrogen and oxygen atoms in total. The number of methoxy groups -OCH3 is 2. The summed E-state index contributed by atoms with van der Waals surface area (Å²) < 4.78 is 35.2. The number of amides is 4. The van der Waals surface area contributed by atoms with Gasteiger partial charge >= 0.3 is 12.1 Å². The van der Waals surface area contributed by atoms with Gasteiger partial charge in [0.1, 0.15) is 23.9 Å². The molecule has 17 heteroatoms. The summed E-state index contributed by atoms with van der Waals surface area (Å²) in [6.45, 7) is 11.9. The third-order valence-corrected chi connectivity index (χ3v) is 13.4. The van der Waals surface area contributed by atoms with Crippen LogP contribution in [0.15, 0.2) is 54.7 Å². The zero-order chi connectivity index (χ0) is 48.5. The molecule has 2 saturated heterocycles. The minimum Gasteiger partial charge on any atom is -0.508 e. The van der Waals surface area contributed by atoms with Crippen molar-refractivity contribution >= 4 is 40.7 Å². The number of nitrogens with one attached hydrogen (secondary N) is 2. The normalized spacial score (nSPS) is 22.0. The van der Waals surface area contributed by atoms with Crippen molar-refractivity contribution in [2.45, 2.75) is 110 Å². The molecule has 5 atom stereocenters. The number of esters is 1. The van der Waals surface area contributed by atoms with Gasteiger partial charge in [0.15, 0.2) is 0 Å². The maximum absolute atomic E-state index is 16.3. The second-order valence-corrected chi connectivity index (χ2v) is 19.2. The van der Waals surface area contributed by atoms with E-state index in [2.05, 4.69) is 54.3 Å². The maximum Gasteiger partial charge on any atom is 0.409 e. The molecule has 0 aliphatic carbocycles. The van der Waals surface area contributed by atoms with Gasteiger partial charge in [0.05, 0.1) is 37.8 Å². The van der Waals surface area contributed by atoms with Gasteiger partial charge in [-0.2, -0.15) is 0 Å². The molecule has 3 aliphatic rings. The fourth-order valence-corrected chi connectivity index (χ4v) is 9.92. The lowest BCUT2D eigenvalue weighted by molar-refractivity contribution is -0.155. The van der Waals surface area contributed by atoms with E-state index in [-0.39, 0.29) is 44.4 Å². The molecule has 2 aromatic carbocycles. The molecule has 4 amide bonds. The predicted octanol–water partition coefficient (Wildman–Crippen LogP) is 6.12. The Morgan fingerprint density at radius 3 is 2.54 bits per heavy atom. The molecular weight excluding hydrogens is 862 g/mol. The van der Waals surface area contributed by atoms with Crippen LogP contribution in [0.1, 0.15) is 83.7 Å². The largest absolute Gasteiger partial charge is 0.508 e. The minimum absolute atomic E-state index is 0.0408. The Bertz CT molecular complexity index is 2540. The first-order valence-corrected chi connectivity index (χ1v) is 23.1. The van der Waals surface area contributed by atoms with Crippen LogP contribution in [-0.2, 0) is 52.8 Å². The Morgan fingerprint density at radius 1 is 1.07 bits per heavy atom. The number of hydrogen-bond donors (Lipinski definition) is 3. The van der Waals surface area contributed by atoms with E-state index >= 15 is 4.39 Å². The summed E-state index contributed by atoms with van der Waals surface area (Å²) in [5.41, 5.74) is 6.72. The van der Waals surface area contributed by atoms with Crippen molar-refractivity contribution in [2.75, 3.05) is 47.5 Å². The number of rotatable bonds is 9. The van der Waals surface area contributed by atoms with Gasteiger partial charge in [-0.05, 0) is 97.7 Å². The number of alkyl halides is 1. The van der Waals surface area contributed by atoms with Gasteiger partial charge in [0.2, 0.25) is 11.6 Å². The molecule has 0 saturated carbocycles. The van der Waals surface area contributed by atoms with Crippen LogP contribution in [0, 0.1) is 11.3 Å². The van der Waals surface area contributed by atoms with Crippen molar-refractivity contribution in [3.05, 3.63) is 71.5 Å². The first-order chi connectivity index (χ1) is 31.8. The standard InChI is InChI=1S/C50H64FN7O9/c1-10-57-40-16-15-32-25-36(40)37(43(57)35-13-11-18-52-41(35)30(4)65-8)26-49(5,6)28-67-46(62)38-14-12-19-58(54-38)45(61)39(23-31-21-33(32)24-34(59)22-31)53-44(60)42(29(2)3)55(7)47(63)50(51)17-20-56(27-50)48(64)66-9/h11,13,15-16,18,21-22,24-25,29-30,38-39,42,54,59H,10,12,14,17,19-20,23,26-28H2,1-9H3,(H,53,60)/t30-,38-,39-,42-,50+/m0/s1. The molecule has 67 heavy (non-hydrogen) atoms. The number of phenolic OH excluding ortho intramolecular Hbond substituents is 1. The molecule has 7 rings (SSSR count). The number of likely N-dealkylation sites (N-methyl/N-ethyl adjacent to an activating group) is 1. The molecule has 2 fully saturated rings. The van der Waals surface area contributed by atoms with Crippen molar-refractivity contribution < 1.29 is 47.7 Å². The quantitative estimate of drug-likeness (QED) is 0.165. The lowest BCUT2D eigenvalue weighted by Gasteiger charge is -2.37. The van der Waals surface area contributed by atoms with Gasteiger partial charge in [0.25, 0.3) is 11.8 Å². The number of phenols is 1. The Labute approximate surface area is 391 Å². The van der Waals surface area contributed by atoms with Gasteiger partial charge in [0, 0.05) is 74.7 Å².